The number of nitrogens with one attached hydrogen (secondary N) is 1. The molecule has 126 valence electrons. The molecule has 1 heterocycles. The second-order valence-corrected chi connectivity index (χ2v) is 5.59. The Balaban J connectivity index is 2.38. The zero-order chi connectivity index (χ0) is 17.9. The molecule has 0 unspecified atom stereocenters. The first-order valence-electron chi connectivity index (χ1n) is 6.68. The van der Waals surface area contributed by atoms with Gasteiger partial charge in [-0.1, -0.05) is 0 Å². The maximum absolute atomic E-state index is 12.3. The number of benzene rings is 1. The zero-order valence-corrected chi connectivity index (χ0v) is 14.7. The monoisotopic (exact) mass is 395 g/mol. The van der Waals surface area contributed by atoms with Crippen molar-refractivity contribution in [3.8, 4) is 0 Å². The second kappa shape index (κ2) is 7.26. The Bertz CT molecular complexity index is 781. The van der Waals surface area contributed by atoms with Crippen LogP contribution in [0.1, 0.15) is 31.2 Å². The summed E-state index contributed by atoms with van der Waals surface area (Å²) in [6.45, 7) is 0. The molecule has 0 saturated heterocycles. The Morgan fingerprint density at radius 3 is 2.04 bits per heavy atom. The van der Waals surface area contributed by atoms with E-state index in [1.165, 1.54) is 37.1 Å². The van der Waals surface area contributed by atoms with Gasteiger partial charge < -0.3 is 14.8 Å². The normalized spacial score (nSPS) is 10.2. The number of carbonyl (C=O) groups excluding carboxylic acids is 3. The summed E-state index contributed by atoms with van der Waals surface area (Å²) in [5, 5.41) is 6.62. The summed E-state index contributed by atoms with van der Waals surface area (Å²) in [7, 11) is 4.11. The van der Waals surface area contributed by atoms with Crippen molar-refractivity contribution in [2.75, 3.05) is 19.5 Å². The van der Waals surface area contributed by atoms with Gasteiger partial charge in [0.05, 0.1) is 29.8 Å². The molecule has 0 spiro atoms. The van der Waals surface area contributed by atoms with Crippen molar-refractivity contribution in [2.45, 2.75) is 0 Å². The molecule has 0 aliphatic carbocycles. The third-order valence-corrected chi connectivity index (χ3v) is 3.61. The van der Waals surface area contributed by atoms with Crippen LogP contribution in [0.15, 0.2) is 28.9 Å². The topological polar surface area (TPSA) is 99.5 Å². The number of aryl methyl sites for hydroxylation is 1. The van der Waals surface area contributed by atoms with Crippen molar-refractivity contribution in [2.24, 2.45) is 7.05 Å². The summed E-state index contributed by atoms with van der Waals surface area (Å²) in [6.07, 6.45) is 1.62. The molecule has 0 saturated carbocycles. The number of carbonyl (C=O) groups is 3. The van der Waals surface area contributed by atoms with Gasteiger partial charge >= 0.3 is 11.9 Å². The summed E-state index contributed by atoms with van der Waals surface area (Å²) in [6, 6.07) is 4.12. The molecule has 24 heavy (non-hydrogen) atoms. The largest absolute Gasteiger partial charge is 0.465 e. The van der Waals surface area contributed by atoms with Gasteiger partial charge in [-0.3, -0.25) is 9.48 Å². The standard InChI is InChI=1S/C15H14BrN3O5/c1-19-7-11(16)12(18-19)13(20)17-10-5-8(14(21)23-2)4-9(6-10)15(22)24-3/h4-7H,1-3H3,(H,17,20). The summed E-state index contributed by atoms with van der Waals surface area (Å²) in [4.78, 5) is 35.8. The minimum atomic E-state index is -0.643. The molecule has 0 atom stereocenters. The highest BCUT2D eigenvalue weighted by Gasteiger charge is 2.18. The van der Waals surface area contributed by atoms with Crippen LogP contribution < -0.4 is 5.32 Å². The number of halogens is 1. The van der Waals surface area contributed by atoms with Crippen molar-refractivity contribution >= 4 is 39.5 Å². The van der Waals surface area contributed by atoms with Crippen LogP contribution in [0.2, 0.25) is 0 Å². The average molecular weight is 396 g/mol. The maximum Gasteiger partial charge on any atom is 0.337 e. The summed E-state index contributed by atoms with van der Waals surface area (Å²) in [5.41, 5.74) is 0.619. The lowest BCUT2D eigenvalue weighted by Gasteiger charge is -2.09. The van der Waals surface area contributed by atoms with E-state index in [0.717, 1.165) is 0 Å². The molecule has 1 amide bonds. The zero-order valence-electron chi connectivity index (χ0n) is 13.1. The van der Waals surface area contributed by atoms with E-state index in [4.69, 9.17) is 0 Å². The molecule has 2 aromatic rings. The van der Waals surface area contributed by atoms with Gasteiger partial charge in [-0.25, -0.2) is 9.59 Å². The molecule has 8 nitrogen and oxygen atoms in total. The van der Waals surface area contributed by atoms with Gasteiger partial charge in [-0.05, 0) is 34.1 Å². The van der Waals surface area contributed by atoms with Gasteiger partial charge in [0.1, 0.15) is 0 Å². The molecule has 1 aromatic heterocycles. The van der Waals surface area contributed by atoms with Crippen LogP contribution in [-0.4, -0.2) is 41.8 Å². The number of nitrogens with zero attached hydrogens (tertiary/aromatic N) is 2. The molecular weight excluding hydrogens is 382 g/mol. The summed E-state index contributed by atoms with van der Waals surface area (Å²) < 4.78 is 11.3. The van der Waals surface area contributed by atoms with E-state index in [9.17, 15) is 14.4 Å². The van der Waals surface area contributed by atoms with E-state index >= 15 is 0 Å². The first-order valence-corrected chi connectivity index (χ1v) is 7.47. The average Bonchev–Trinajstić information content (AvgIpc) is 2.91. The first-order chi connectivity index (χ1) is 11.3. The number of ether oxygens (including phenoxy) is 2. The van der Waals surface area contributed by atoms with Gasteiger partial charge in [0.2, 0.25) is 0 Å². The van der Waals surface area contributed by atoms with Crippen LogP contribution in [0.25, 0.3) is 0 Å². The van der Waals surface area contributed by atoms with Gasteiger partial charge in [-0.15, -0.1) is 0 Å². The minimum absolute atomic E-state index is 0.107. The van der Waals surface area contributed by atoms with Gasteiger partial charge in [0.25, 0.3) is 5.91 Å². The number of aromatic nitrogens is 2. The molecule has 0 aliphatic heterocycles. The number of esters is 2. The van der Waals surface area contributed by atoms with Crippen molar-refractivity contribution in [3.63, 3.8) is 0 Å². The molecule has 0 radical (unpaired) electrons. The highest BCUT2D eigenvalue weighted by atomic mass is 79.9. The van der Waals surface area contributed by atoms with E-state index < -0.39 is 17.8 Å². The summed E-state index contributed by atoms with van der Waals surface area (Å²) >= 11 is 3.24. The fourth-order valence-electron chi connectivity index (χ4n) is 1.97. The molecule has 0 fully saturated rings. The van der Waals surface area contributed by atoms with Crippen LogP contribution in [0.3, 0.4) is 0 Å². The Morgan fingerprint density at radius 2 is 1.62 bits per heavy atom. The maximum atomic E-state index is 12.3. The molecule has 1 N–H and O–H groups in total. The molecule has 1 aromatic carbocycles. The third kappa shape index (κ3) is 3.80. The lowest BCUT2D eigenvalue weighted by atomic mass is 10.1. The van der Waals surface area contributed by atoms with E-state index in [2.05, 4.69) is 35.8 Å². The Labute approximate surface area is 145 Å². The van der Waals surface area contributed by atoms with E-state index in [-0.39, 0.29) is 22.5 Å². The van der Waals surface area contributed by atoms with Crippen molar-refractivity contribution in [1.82, 2.24) is 9.78 Å². The Hall–Kier alpha value is -2.68. The number of anilines is 1. The molecule has 9 heteroatoms. The van der Waals surface area contributed by atoms with Crippen molar-refractivity contribution in [3.05, 3.63) is 45.7 Å². The van der Waals surface area contributed by atoms with Crippen LogP contribution >= 0.6 is 15.9 Å². The Morgan fingerprint density at radius 1 is 1.08 bits per heavy atom. The molecular formula is C15H14BrN3O5. The van der Waals surface area contributed by atoms with Crippen LogP contribution in [-0.2, 0) is 16.5 Å². The van der Waals surface area contributed by atoms with Gasteiger partial charge in [-0.2, -0.15) is 5.10 Å². The van der Waals surface area contributed by atoms with Crippen LogP contribution in [0.5, 0.6) is 0 Å². The van der Waals surface area contributed by atoms with Crippen molar-refractivity contribution < 1.29 is 23.9 Å². The van der Waals surface area contributed by atoms with Crippen LogP contribution in [0, 0.1) is 0 Å². The smallest absolute Gasteiger partial charge is 0.337 e. The van der Waals surface area contributed by atoms with E-state index in [0.29, 0.717) is 4.47 Å². The molecule has 2 rings (SSSR count). The number of hydrogen-bond donors (Lipinski definition) is 1. The predicted molar refractivity (Wildman–Crippen MR) is 88.0 cm³/mol. The number of methoxy groups -OCH3 is 2. The van der Waals surface area contributed by atoms with Gasteiger partial charge in [0, 0.05) is 18.9 Å². The number of hydrogen-bond acceptors (Lipinski definition) is 6. The fraction of sp³-hybridized carbons (Fsp3) is 0.200. The molecule has 0 aliphatic rings. The quantitative estimate of drug-likeness (QED) is 0.794. The number of amides is 1. The van der Waals surface area contributed by atoms with Gasteiger partial charge in [0.15, 0.2) is 5.69 Å². The first kappa shape index (κ1) is 17.7. The SMILES string of the molecule is COC(=O)c1cc(NC(=O)c2nn(C)cc2Br)cc(C(=O)OC)c1. The Kier molecular flexibility index (Phi) is 5.35. The van der Waals surface area contributed by atoms with E-state index in [1.807, 2.05) is 0 Å². The lowest BCUT2D eigenvalue weighted by molar-refractivity contribution is 0.0599. The minimum Gasteiger partial charge on any atom is -0.465 e. The lowest BCUT2D eigenvalue weighted by Crippen LogP contribution is -2.15. The highest BCUT2D eigenvalue weighted by Crippen LogP contribution is 2.20. The van der Waals surface area contributed by atoms with Crippen LogP contribution in [0.4, 0.5) is 5.69 Å². The number of rotatable bonds is 4. The predicted octanol–water partition coefficient (Wildman–Crippen LogP) is 2.01. The summed E-state index contributed by atoms with van der Waals surface area (Å²) in [5.74, 6) is -1.79. The van der Waals surface area contributed by atoms with Crippen molar-refractivity contribution in [1.29, 1.82) is 0 Å². The highest BCUT2D eigenvalue weighted by molar-refractivity contribution is 9.10. The fourth-order valence-corrected chi connectivity index (χ4v) is 2.53. The second-order valence-electron chi connectivity index (χ2n) is 4.74. The van der Waals surface area contributed by atoms with E-state index in [1.54, 1.807) is 13.2 Å². The third-order valence-electron chi connectivity index (χ3n) is 3.03. The molecule has 0 bridgehead atoms.